The first-order chi connectivity index (χ1) is 11.9. The largest absolute Gasteiger partial charge is 0.495 e. The fraction of sp³-hybridized carbons (Fsp3) is 0.278. The molecule has 0 aliphatic heterocycles. The maximum atomic E-state index is 12.7. The minimum atomic E-state index is -3.62. The Bertz CT molecular complexity index is 831. The third-order valence-electron chi connectivity index (χ3n) is 3.80. The smallest absolute Gasteiger partial charge is 0.255 e. The molecule has 6 nitrogen and oxygen atoms in total. The van der Waals surface area contributed by atoms with E-state index in [1.54, 1.807) is 38.1 Å². The molecule has 0 aromatic heterocycles. The van der Waals surface area contributed by atoms with E-state index in [0.717, 1.165) is 0 Å². The van der Waals surface area contributed by atoms with Crippen LogP contribution in [-0.2, 0) is 10.0 Å². The van der Waals surface area contributed by atoms with E-state index in [-0.39, 0.29) is 10.8 Å². The molecule has 134 valence electrons. The summed E-state index contributed by atoms with van der Waals surface area (Å²) in [6, 6.07) is 13.1. The molecule has 2 aromatic carbocycles. The van der Waals surface area contributed by atoms with Gasteiger partial charge in [-0.2, -0.15) is 4.31 Å². The van der Waals surface area contributed by atoms with E-state index in [2.05, 4.69) is 5.32 Å². The summed E-state index contributed by atoms with van der Waals surface area (Å²) in [5, 5.41) is 2.72. The van der Waals surface area contributed by atoms with Crippen molar-refractivity contribution in [1.29, 1.82) is 0 Å². The summed E-state index contributed by atoms with van der Waals surface area (Å²) in [5.41, 5.74) is 0.783. The fourth-order valence-electron chi connectivity index (χ4n) is 2.44. The summed E-state index contributed by atoms with van der Waals surface area (Å²) >= 11 is 0. The first-order valence-corrected chi connectivity index (χ1v) is 9.42. The summed E-state index contributed by atoms with van der Waals surface area (Å²) in [7, 11) is -2.16. The minimum absolute atomic E-state index is 0.111. The van der Waals surface area contributed by atoms with E-state index in [1.807, 2.05) is 6.07 Å². The average Bonchev–Trinajstić information content (AvgIpc) is 2.63. The number of amides is 1. The van der Waals surface area contributed by atoms with Gasteiger partial charge in [0.05, 0.1) is 17.7 Å². The van der Waals surface area contributed by atoms with Crippen LogP contribution in [0.1, 0.15) is 24.2 Å². The molecule has 0 unspecified atom stereocenters. The van der Waals surface area contributed by atoms with Gasteiger partial charge in [-0.15, -0.1) is 0 Å². The van der Waals surface area contributed by atoms with Gasteiger partial charge in [-0.25, -0.2) is 8.42 Å². The number of nitrogens with zero attached hydrogens (tertiary/aromatic N) is 1. The molecular weight excluding hydrogens is 340 g/mol. The highest BCUT2D eigenvalue weighted by molar-refractivity contribution is 7.89. The van der Waals surface area contributed by atoms with Crippen LogP contribution in [0.4, 0.5) is 5.69 Å². The van der Waals surface area contributed by atoms with Crippen LogP contribution < -0.4 is 10.1 Å². The van der Waals surface area contributed by atoms with Crippen LogP contribution in [-0.4, -0.2) is 38.8 Å². The number of carbonyl (C=O) groups excluding carboxylic acids is 1. The van der Waals surface area contributed by atoms with Crippen molar-refractivity contribution in [3.63, 3.8) is 0 Å². The molecule has 0 saturated carbocycles. The Kier molecular flexibility index (Phi) is 6.17. The van der Waals surface area contributed by atoms with E-state index in [0.29, 0.717) is 30.1 Å². The number of methoxy groups -OCH3 is 1. The third kappa shape index (κ3) is 4.18. The van der Waals surface area contributed by atoms with Crippen LogP contribution in [0.3, 0.4) is 0 Å². The second kappa shape index (κ2) is 8.13. The van der Waals surface area contributed by atoms with Gasteiger partial charge < -0.3 is 10.1 Å². The molecule has 7 heteroatoms. The fourth-order valence-corrected chi connectivity index (χ4v) is 3.93. The molecule has 0 spiro atoms. The monoisotopic (exact) mass is 362 g/mol. The van der Waals surface area contributed by atoms with Gasteiger partial charge in [-0.1, -0.05) is 32.0 Å². The molecule has 2 rings (SSSR count). The number of ether oxygens (including phenoxy) is 1. The van der Waals surface area contributed by atoms with Crippen LogP contribution in [0.2, 0.25) is 0 Å². The summed E-state index contributed by atoms with van der Waals surface area (Å²) in [6.45, 7) is 4.30. The van der Waals surface area contributed by atoms with E-state index in [4.69, 9.17) is 4.74 Å². The molecule has 1 amide bonds. The predicted molar refractivity (Wildman–Crippen MR) is 97.5 cm³/mol. The second-order valence-corrected chi connectivity index (χ2v) is 7.21. The van der Waals surface area contributed by atoms with Gasteiger partial charge in [-0.05, 0) is 30.3 Å². The van der Waals surface area contributed by atoms with Gasteiger partial charge in [0.1, 0.15) is 5.75 Å². The standard InChI is InChI=1S/C18H22N2O4S/c1-4-20(5-2)25(22,23)15-11-12-17(24-3)16(13-15)19-18(21)14-9-7-6-8-10-14/h6-13H,4-5H2,1-3H3,(H,19,21). The van der Waals surface area contributed by atoms with Crippen LogP contribution in [0.25, 0.3) is 0 Å². The number of nitrogens with one attached hydrogen (secondary N) is 1. The van der Waals surface area contributed by atoms with Crippen molar-refractivity contribution in [3.05, 3.63) is 54.1 Å². The second-order valence-electron chi connectivity index (χ2n) is 5.27. The highest BCUT2D eigenvalue weighted by atomic mass is 32.2. The quantitative estimate of drug-likeness (QED) is 0.822. The SMILES string of the molecule is CCN(CC)S(=O)(=O)c1ccc(OC)c(NC(=O)c2ccccc2)c1. The Morgan fingerprint density at radius 2 is 1.72 bits per heavy atom. The Labute approximate surface area is 148 Å². The van der Waals surface area contributed by atoms with Gasteiger partial charge in [0.25, 0.3) is 5.91 Å². The molecule has 25 heavy (non-hydrogen) atoms. The van der Waals surface area contributed by atoms with Gasteiger partial charge in [0.2, 0.25) is 10.0 Å². The zero-order chi connectivity index (χ0) is 18.4. The first kappa shape index (κ1) is 19.0. The normalized spacial score (nSPS) is 11.4. The van der Waals surface area contributed by atoms with Crippen molar-refractivity contribution in [1.82, 2.24) is 4.31 Å². The molecule has 0 atom stereocenters. The van der Waals surface area contributed by atoms with Crippen LogP contribution in [0, 0.1) is 0 Å². The minimum Gasteiger partial charge on any atom is -0.495 e. The van der Waals surface area contributed by atoms with Crippen LogP contribution >= 0.6 is 0 Å². The van der Waals surface area contributed by atoms with E-state index in [9.17, 15) is 13.2 Å². The van der Waals surface area contributed by atoms with Crippen molar-refractivity contribution in [2.24, 2.45) is 0 Å². The third-order valence-corrected chi connectivity index (χ3v) is 5.84. The lowest BCUT2D eigenvalue weighted by molar-refractivity contribution is 0.102. The lowest BCUT2D eigenvalue weighted by atomic mass is 10.2. The van der Waals surface area contributed by atoms with Crippen molar-refractivity contribution < 1.29 is 17.9 Å². The van der Waals surface area contributed by atoms with E-state index < -0.39 is 10.0 Å². The Hall–Kier alpha value is -2.38. The maximum absolute atomic E-state index is 12.7. The van der Waals surface area contributed by atoms with Crippen molar-refractivity contribution in [3.8, 4) is 5.75 Å². The first-order valence-electron chi connectivity index (χ1n) is 7.98. The van der Waals surface area contributed by atoms with Gasteiger partial charge >= 0.3 is 0 Å². The molecule has 0 radical (unpaired) electrons. The van der Waals surface area contributed by atoms with E-state index >= 15 is 0 Å². The molecule has 0 saturated heterocycles. The van der Waals surface area contributed by atoms with Crippen LogP contribution in [0.15, 0.2) is 53.4 Å². The summed E-state index contributed by atoms with van der Waals surface area (Å²) in [4.78, 5) is 12.5. The molecule has 1 N–H and O–H groups in total. The van der Waals surface area contributed by atoms with Gasteiger partial charge in [0, 0.05) is 18.7 Å². The highest BCUT2D eigenvalue weighted by Gasteiger charge is 2.23. The van der Waals surface area contributed by atoms with Crippen molar-refractivity contribution in [2.75, 3.05) is 25.5 Å². The number of benzene rings is 2. The number of sulfonamides is 1. The lowest BCUT2D eigenvalue weighted by Crippen LogP contribution is -2.30. The summed E-state index contributed by atoms with van der Waals surface area (Å²) in [5.74, 6) is 0.0547. The Balaban J connectivity index is 2.39. The van der Waals surface area contributed by atoms with Crippen LogP contribution in [0.5, 0.6) is 5.75 Å². The maximum Gasteiger partial charge on any atom is 0.255 e. The molecule has 0 bridgehead atoms. The molecule has 0 fully saturated rings. The topological polar surface area (TPSA) is 75.7 Å². The summed E-state index contributed by atoms with van der Waals surface area (Å²) < 4.78 is 31.9. The highest BCUT2D eigenvalue weighted by Crippen LogP contribution is 2.29. The van der Waals surface area contributed by atoms with Gasteiger partial charge in [0.15, 0.2) is 0 Å². The molecule has 2 aromatic rings. The van der Waals surface area contributed by atoms with Gasteiger partial charge in [-0.3, -0.25) is 4.79 Å². The molecule has 0 aliphatic carbocycles. The number of rotatable bonds is 7. The number of hydrogen-bond donors (Lipinski definition) is 1. The Morgan fingerprint density at radius 3 is 2.28 bits per heavy atom. The zero-order valence-corrected chi connectivity index (χ0v) is 15.3. The average molecular weight is 362 g/mol. The predicted octanol–water partition coefficient (Wildman–Crippen LogP) is 2.98. The number of hydrogen-bond acceptors (Lipinski definition) is 4. The molecule has 0 heterocycles. The molecular formula is C18H22N2O4S. The van der Waals surface area contributed by atoms with Crippen molar-refractivity contribution >= 4 is 21.6 Å². The molecule has 0 aliphatic rings. The Morgan fingerprint density at radius 1 is 1.08 bits per heavy atom. The zero-order valence-electron chi connectivity index (χ0n) is 14.5. The van der Waals surface area contributed by atoms with E-state index in [1.165, 1.54) is 29.6 Å². The summed E-state index contributed by atoms with van der Waals surface area (Å²) in [6.07, 6.45) is 0. The number of carbonyl (C=O) groups is 1. The number of anilines is 1. The van der Waals surface area contributed by atoms with Crippen molar-refractivity contribution in [2.45, 2.75) is 18.7 Å². The lowest BCUT2D eigenvalue weighted by Gasteiger charge is -2.19.